The van der Waals surface area contributed by atoms with Gasteiger partial charge < -0.3 is 4.74 Å². The molecule has 2 nitrogen and oxygen atoms in total. The van der Waals surface area contributed by atoms with Gasteiger partial charge in [0, 0.05) is 0 Å². The molecule has 18 heavy (non-hydrogen) atoms. The second kappa shape index (κ2) is 4.97. The summed E-state index contributed by atoms with van der Waals surface area (Å²) in [7, 11) is 1.47. The number of hydrogen-bond acceptors (Lipinski definition) is 2. The van der Waals surface area contributed by atoms with Crippen LogP contribution in [0.5, 0.6) is 0 Å². The summed E-state index contributed by atoms with van der Waals surface area (Å²) in [5.74, 6) is 0.394. The largest absolute Gasteiger partial charge is 0.469 e. The number of methoxy groups -OCH3 is 1. The number of esters is 1. The molecule has 2 rings (SSSR count). The van der Waals surface area contributed by atoms with Gasteiger partial charge in [-0.15, -0.1) is 0 Å². The van der Waals surface area contributed by atoms with Gasteiger partial charge in [0.05, 0.1) is 13.0 Å². The molecule has 0 bridgehead atoms. The van der Waals surface area contributed by atoms with Crippen LogP contribution in [0.3, 0.4) is 0 Å². The van der Waals surface area contributed by atoms with Gasteiger partial charge in [0.1, 0.15) is 0 Å². The molecule has 0 aromatic heterocycles. The summed E-state index contributed by atoms with van der Waals surface area (Å²) in [6.45, 7) is 4.27. The zero-order valence-electron chi connectivity index (χ0n) is 11.2. The standard InChI is InChI=1S/C16H20O2/c1-16(2)13(14(16)15(17)18-3)11-7-10-12-8-5-4-6-9-12/h4-10,13-14H,11H2,1-3H3/b10-7+/t13-,14+/m1/s1. The monoisotopic (exact) mass is 244 g/mol. The van der Waals surface area contributed by atoms with Crippen molar-refractivity contribution in [2.24, 2.45) is 17.3 Å². The van der Waals surface area contributed by atoms with Gasteiger partial charge in [-0.3, -0.25) is 4.79 Å². The van der Waals surface area contributed by atoms with Crippen LogP contribution in [0.1, 0.15) is 25.8 Å². The van der Waals surface area contributed by atoms with Crippen molar-refractivity contribution >= 4 is 12.0 Å². The maximum absolute atomic E-state index is 11.6. The normalized spacial score (nSPS) is 25.1. The molecular weight excluding hydrogens is 224 g/mol. The summed E-state index contributed by atoms with van der Waals surface area (Å²) in [5, 5.41) is 0. The molecule has 0 N–H and O–H groups in total. The van der Waals surface area contributed by atoms with Gasteiger partial charge in [-0.25, -0.2) is 0 Å². The topological polar surface area (TPSA) is 26.3 Å². The SMILES string of the molecule is COC(=O)[C@@H]1[C@@H](C/C=C/c2ccccc2)C1(C)C. The van der Waals surface area contributed by atoms with E-state index < -0.39 is 0 Å². The highest BCUT2D eigenvalue weighted by molar-refractivity contribution is 5.77. The molecule has 1 aromatic carbocycles. The molecule has 0 radical (unpaired) electrons. The first kappa shape index (κ1) is 12.9. The number of allylic oxidation sites excluding steroid dienone is 1. The molecule has 1 aliphatic carbocycles. The Hall–Kier alpha value is -1.57. The van der Waals surface area contributed by atoms with Crippen LogP contribution < -0.4 is 0 Å². The fraction of sp³-hybridized carbons (Fsp3) is 0.438. The molecule has 1 aliphatic rings. The smallest absolute Gasteiger partial charge is 0.309 e. The van der Waals surface area contributed by atoms with E-state index in [0.717, 1.165) is 6.42 Å². The fourth-order valence-electron chi connectivity index (χ4n) is 2.69. The summed E-state index contributed by atoms with van der Waals surface area (Å²) in [5.41, 5.74) is 1.28. The van der Waals surface area contributed by atoms with Gasteiger partial charge in [0.2, 0.25) is 0 Å². The van der Waals surface area contributed by atoms with E-state index in [9.17, 15) is 4.79 Å². The third-order valence-electron chi connectivity index (χ3n) is 4.01. The molecule has 0 spiro atoms. The van der Waals surface area contributed by atoms with Crippen molar-refractivity contribution in [1.29, 1.82) is 0 Å². The van der Waals surface area contributed by atoms with Crippen LogP contribution in [0.25, 0.3) is 6.08 Å². The van der Waals surface area contributed by atoms with Gasteiger partial charge in [-0.2, -0.15) is 0 Å². The summed E-state index contributed by atoms with van der Waals surface area (Å²) < 4.78 is 4.84. The van der Waals surface area contributed by atoms with Gasteiger partial charge in [0.25, 0.3) is 0 Å². The fourth-order valence-corrected chi connectivity index (χ4v) is 2.69. The predicted octanol–water partition coefficient (Wildman–Crippen LogP) is 3.54. The van der Waals surface area contributed by atoms with Crippen LogP contribution in [-0.4, -0.2) is 13.1 Å². The van der Waals surface area contributed by atoms with Crippen LogP contribution in [0, 0.1) is 17.3 Å². The number of ether oxygens (including phenoxy) is 1. The summed E-state index contributed by atoms with van der Waals surface area (Å²) in [4.78, 5) is 11.6. The molecule has 0 unspecified atom stereocenters. The van der Waals surface area contributed by atoms with E-state index in [4.69, 9.17) is 4.74 Å². The second-order valence-corrected chi connectivity index (χ2v) is 5.48. The minimum atomic E-state index is -0.0712. The summed E-state index contributed by atoms with van der Waals surface area (Å²) in [6.07, 6.45) is 5.20. The van der Waals surface area contributed by atoms with E-state index in [0.29, 0.717) is 5.92 Å². The Labute approximate surface area is 109 Å². The van der Waals surface area contributed by atoms with Crippen molar-refractivity contribution in [1.82, 2.24) is 0 Å². The Morgan fingerprint density at radius 3 is 2.61 bits per heavy atom. The first-order valence-electron chi connectivity index (χ1n) is 6.37. The predicted molar refractivity (Wildman–Crippen MR) is 72.9 cm³/mol. The Bertz CT molecular complexity index is 445. The molecule has 1 aromatic rings. The number of rotatable bonds is 4. The molecule has 0 saturated heterocycles. The Kier molecular flexibility index (Phi) is 3.55. The average Bonchev–Trinajstić information content (AvgIpc) is 2.92. The number of carbonyl (C=O) groups is 1. The highest BCUT2D eigenvalue weighted by Gasteiger charge is 2.61. The van der Waals surface area contributed by atoms with Crippen LogP contribution >= 0.6 is 0 Å². The summed E-state index contributed by atoms with van der Waals surface area (Å²) >= 11 is 0. The minimum Gasteiger partial charge on any atom is -0.469 e. The molecule has 96 valence electrons. The van der Waals surface area contributed by atoms with Crippen molar-refractivity contribution in [2.45, 2.75) is 20.3 Å². The zero-order valence-corrected chi connectivity index (χ0v) is 11.2. The maximum atomic E-state index is 11.6. The first-order chi connectivity index (χ1) is 8.57. The lowest BCUT2D eigenvalue weighted by Gasteiger charge is -1.99. The van der Waals surface area contributed by atoms with Crippen molar-refractivity contribution in [2.75, 3.05) is 7.11 Å². The molecule has 0 heterocycles. The molecule has 1 fully saturated rings. The van der Waals surface area contributed by atoms with Gasteiger partial charge in [-0.05, 0) is 23.3 Å². The third kappa shape index (κ3) is 2.47. The highest BCUT2D eigenvalue weighted by Crippen LogP contribution is 2.60. The molecular formula is C16H20O2. The number of carbonyl (C=O) groups excluding carboxylic acids is 1. The zero-order chi connectivity index (χ0) is 13.2. The number of hydrogen-bond donors (Lipinski definition) is 0. The van der Waals surface area contributed by atoms with E-state index in [1.54, 1.807) is 0 Å². The van der Waals surface area contributed by atoms with E-state index >= 15 is 0 Å². The maximum Gasteiger partial charge on any atom is 0.309 e. The van der Waals surface area contributed by atoms with Gasteiger partial charge >= 0.3 is 5.97 Å². The Balaban J connectivity index is 1.92. The van der Waals surface area contributed by atoms with E-state index in [1.807, 2.05) is 18.2 Å². The lowest BCUT2D eigenvalue weighted by molar-refractivity contribution is -0.143. The van der Waals surface area contributed by atoms with Crippen molar-refractivity contribution in [3.8, 4) is 0 Å². The first-order valence-corrected chi connectivity index (χ1v) is 6.37. The molecule has 2 heteroatoms. The van der Waals surface area contributed by atoms with Gasteiger partial charge in [0.15, 0.2) is 0 Å². The van der Waals surface area contributed by atoms with E-state index in [2.05, 4.69) is 38.1 Å². The lowest BCUT2D eigenvalue weighted by Crippen LogP contribution is -2.07. The van der Waals surface area contributed by atoms with Crippen molar-refractivity contribution in [3.63, 3.8) is 0 Å². The molecule has 0 amide bonds. The van der Waals surface area contributed by atoms with Crippen LogP contribution in [0.4, 0.5) is 0 Å². The molecule has 2 atom stereocenters. The van der Waals surface area contributed by atoms with Crippen LogP contribution in [0.2, 0.25) is 0 Å². The minimum absolute atomic E-state index is 0.0583. The highest BCUT2D eigenvalue weighted by atomic mass is 16.5. The lowest BCUT2D eigenvalue weighted by atomic mass is 10.1. The van der Waals surface area contributed by atoms with Gasteiger partial charge in [-0.1, -0.05) is 56.3 Å². The second-order valence-electron chi connectivity index (χ2n) is 5.48. The number of benzene rings is 1. The van der Waals surface area contributed by atoms with E-state index in [-0.39, 0.29) is 17.3 Å². The summed E-state index contributed by atoms with van der Waals surface area (Å²) in [6, 6.07) is 10.2. The van der Waals surface area contributed by atoms with Crippen LogP contribution in [-0.2, 0) is 9.53 Å². The average molecular weight is 244 g/mol. The van der Waals surface area contributed by atoms with Crippen LogP contribution in [0.15, 0.2) is 36.4 Å². The van der Waals surface area contributed by atoms with E-state index in [1.165, 1.54) is 12.7 Å². The third-order valence-corrected chi connectivity index (χ3v) is 4.01. The Morgan fingerprint density at radius 2 is 2.00 bits per heavy atom. The Morgan fingerprint density at radius 1 is 1.33 bits per heavy atom. The quantitative estimate of drug-likeness (QED) is 0.757. The van der Waals surface area contributed by atoms with Crippen molar-refractivity contribution in [3.05, 3.63) is 42.0 Å². The van der Waals surface area contributed by atoms with Crippen molar-refractivity contribution < 1.29 is 9.53 Å². The molecule has 0 aliphatic heterocycles. The molecule has 1 saturated carbocycles.